The van der Waals surface area contributed by atoms with Crippen LogP contribution < -0.4 is 0 Å². The predicted octanol–water partition coefficient (Wildman–Crippen LogP) is 4.33. The molecule has 0 saturated carbocycles. The maximum absolute atomic E-state index is 12.8. The maximum atomic E-state index is 12.8. The van der Waals surface area contributed by atoms with Crippen LogP contribution in [0.1, 0.15) is 61.9 Å². The van der Waals surface area contributed by atoms with Crippen molar-refractivity contribution in [1.29, 1.82) is 0 Å². The van der Waals surface area contributed by atoms with Gasteiger partial charge in [0.05, 0.1) is 0 Å². The van der Waals surface area contributed by atoms with Gasteiger partial charge >= 0.3 is 0 Å². The van der Waals surface area contributed by atoms with Crippen molar-refractivity contribution < 1.29 is 4.79 Å². The molecule has 0 N–H and O–H groups in total. The average molecular weight is 287 g/mol. The van der Waals surface area contributed by atoms with Gasteiger partial charge in [-0.3, -0.25) is 4.79 Å². The van der Waals surface area contributed by atoms with E-state index < -0.39 is 0 Å². The minimum atomic E-state index is 0.103. The van der Waals surface area contributed by atoms with Gasteiger partial charge in [-0.25, -0.2) is 0 Å². The van der Waals surface area contributed by atoms with Gasteiger partial charge in [-0.1, -0.05) is 51.0 Å². The Morgan fingerprint density at radius 1 is 1.19 bits per heavy atom. The summed E-state index contributed by atoms with van der Waals surface area (Å²) < 4.78 is 0. The Hall–Kier alpha value is -1.15. The second-order valence-electron chi connectivity index (χ2n) is 6.39. The molecule has 2 nitrogen and oxygen atoms in total. The van der Waals surface area contributed by atoms with Crippen molar-refractivity contribution in [2.45, 2.75) is 52.4 Å². The molecule has 1 heterocycles. The third kappa shape index (κ3) is 4.67. The molecule has 1 saturated heterocycles. The molecule has 1 fully saturated rings. The number of nitrogens with zero attached hydrogens (tertiary/aromatic N) is 1. The number of unbranched alkanes of at least 4 members (excludes halogenated alkanes) is 1. The molecule has 1 aromatic rings. The Labute approximate surface area is 129 Å². The molecule has 0 spiro atoms. The first-order valence-electron chi connectivity index (χ1n) is 8.57. The number of Topliss-reactive ketones (excluding diaryl/α,β-unsaturated/α-hetero) is 1. The summed E-state index contributed by atoms with van der Waals surface area (Å²) in [5.74, 6) is 0.429. The Morgan fingerprint density at radius 2 is 1.90 bits per heavy atom. The lowest BCUT2D eigenvalue weighted by atomic mass is 9.92. The van der Waals surface area contributed by atoms with Gasteiger partial charge in [-0.05, 0) is 44.3 Å². The fraction of sp³-hybridized carbons (Fsp3) is 0.632. The van der Waals surface area contributed by atoms with Crippen molar-refractivity contribution >= 4 is 5.78 Å². The lowest BCUT2D eigenvalue weighted by Gasteiger charge is -2.28. The minimum Gasteiger partial charge on any atom is -0.303 e. The molecule has 0 bridgehead atoms. The Kier molecular flexibility index (Phi) is 6.44. The molecule has 1 aliphatic heterocycles. The van der Waals surface area contributed by atoms with E-state index in [2.05, 4.69) is 30.9 Å². The van der Waals surface area contributed by atoms with Crippen LogP contribution in [-0.4, -0.2) is 30.3 Å². The van der Waals surface area contributed by atoms with Gasteiger partial charge in [0.15, 0.2) is 5.78 Å². The van der Waals surface area contributed by atoms with E-state index in [1.165, 1.54) is 31.2 Å². The van der Waals surface area contributed by atoms with E-state index in [-0.39, 0.29) is 5.92 Å². The van der Waals surface area contributed by atoms with Gasteiger partial charge in [0.1, 0.15) is 0 Å². The monoisotopic (exact) mass is 287 g/mol. The lowest BCUT2D eigenvalue weighted by Crippen LogP contribution is -2.36. The standard InChI is InChI=1S/C19H29NO/c1-3-4-10-17-11-6-7-12-18(17)19(21)16(2)15-20-13-8-5-9-14-20/h6-7,11-12,16H,3-5,8-10,13-15H2,1-2H3. The molecular weight excluding hydrogens is 258 g/mol. The first-order valence-corrected chi connectivity index (χ1v) is 8.57. The van der Waals surface area contributed by atoms with Crippen LogP contribution in [0, 0.1) is 5.92 Å². The summed E-state index contributed by atoms with van der Waals surface area (Å²) in [6, 6.07) is 8.18. The van der Waals surface area contributed by atoms with Crippen molar-refractivity contribution in [2.75, 3.05) is 19.6 Å². The molecule has 21 heavy (non-hydrogen) atoms. The van der Waals surface area contributed by atoms with E-state index in [0.717, 1.165) is 38.0 Å². The van der Waals surface area contributed by atoms with Crippen LogP contribution in [0.15, 0.2) is 24.3 Å². The van der Waals surface area contributed by atoms with E-state index in [4.69, 9.17) is 0 Å². The largest absolute Gasteiger partial charge is 0.303 e. The summed E-state index contributed by atoms with van der Waals surface area (Å²) in [6.07, 6.45) is 7.27. The number of likely N-dealkylation sites (tertiary alicyclic amines) is 1. The fourth-order valence-electron chi connectivity index (χ4n) is 3.22. The van der Waals surface area contributed by atoms with Crippen LogP contribution in [0.4, 0.5) is 0 Å². The summed E-state index contributed by atoms with van der Waals surface area (Å²) >= 11 is 0. The SMILES string of the molecule is CCCCc1ccccc1C(=O)C(C)CN1CCCCC1. The zero-order valence-electron chi connectivity index (χ0n) is 13.6. The number of benzene rings is 1. The molecule has 116 valence electrons. The highest BCUT2D eigenvalue weighted by atomic mass is 16.1. The molecule has 1 atom stereocenters. The van der Waals surface area contributed by atoms with Gasteiger partial charge in [0.2, 0.25) is 0 Å². The molecule has 0 radical (unpaired) electrons. The molecule has 1 aliphatic rings. The summed E-state index contributed by atoms with van der Waals surface area (Å²) in [7, 11) is 0. The second-order valence-corrected chi connectivity index (χ2v) is 6.39. The van der Waals surface area contributed by atoms with Gasteiger partial charge < -0.3 is 4.90 Å². The third-order valence-corrected chi connectivity index (χ3v) is 4.51. The van der Waals surface area contributed by atoms with E-state index in [0.29, 0.717) is 5.78 Å². The predicted molar refractivity (Wildman–Crippen MR) is 88.8 cm³/mol. The van der Waals surface area contributed by atoms with Crippen LogP contribution >= 0.6 is 0 Å². The number of hydrogen-bond acceptors (Lipinski definition) is 2. The smallest absolute Gasteiger partial charge is 0.167 e. The zero-order valence-corrected chi connectivity index (χ0v) is 13.6. The molecule has 1 aromatic carbocycles. The van der Waals surface area contributed by atoms with E-state index in [1.54, 1.807) is 0 Å². The zero-order chi connectivity index (χ0) is 15.1. The summed E-state index contributed by atoms with van der Waals surface area (Å²) in [5, 5.41) is 0. The number of aryl methyl sites for hydroxylation is 1. The van der Waals surface area contributed by atoms with E-state index in [9.17, 15) is 4.79 Å². The highest BCUT2D eigenvalue weighted by Crippen LogP contribution is 2.18. The van der Waals surface area contributed by atoms with Gasteiger partial charge in [-0.2, -0.15) is 0 Å². The topological polar surface area (TPSA) is 20.3 Å². The number of ketones is 1. The molecule has 2 rings (SSSR count). The summed E-state index contributed by atoms with van der Waals surface area (Å²) in [4.78, 5) is 15.2. The number of carbonyl (C=O) groups is 1. The van der Waals surface area contributed by atoms with Crippen LogP contribution in [0.3, 0.4) is 0 Å². The fourth-order valence-corrected chi connectivity index (χ4v) is 3.22. The lowest BCUT2D eigenvalue weighted by molar-refractivity contribution is 0.0882. The maximum Gasteiger partial charge on any atom is 0.167 e. The van der Waals surface area contributed by atoms with Gasteiger partial charge in [0, 0.05) is 18.0 Å². The minimum absolute atomic E-state index is 0.103. The van der Waals surface area contributed by atoms with Crippen LogP contribution in [0.2, 0.25) is 0 Å². The molecule has 2 heteroatoms. The number of piperidine rings is 1. The highest BCUT2D eigenvalue weighted by molar-refractivity contribution is 5.99. The summed E-state index contributed by atoms with van der Waals surface area (Å²) in [5.41, 5.74) is 2.19. The van der Waals surface area contributed by atoms with Crippen LogP contribution in [0.25, 0.3) is 0 Å². The number of carbonyl (C=O) groups excluding carboxylic acids is 1. The van der Waals surface area contributed by atoms with Crippen LogP contribution in [0.5, 0.6) is 0 Å². The van der Waals surface area contributed by atoms with Crippen molar-refractivity contribution in [2.24, 2.45) is 5.92 Å². The molecule has 1 unspecified atom stereocenters. The van der Waals surface area contributed by atoms with Crippen LogP contribution in [-0.2, 0) is 6.42 Å². The van der Waals surface area contributed by atoms with Crippen molar-refractivity contribution in [3.63, 3.8) is 0 Å². The molecular formula is C19H29NO. The Bertz CT molecular complexity index is 449. The van der Waals surface area contributed by atoms with Crippen molar-refractivity contribution in [3.05, 3.63) is 35.4 Å². The van der Waals surface area contributed by atoms with Gasteiger partial charge in [-0.15, -0.1) is 0 Å². The second kappa shape index (κ2) is 8.33. The highest BCUT2D eigenvalue weighted by Gasteiger charge is 2.21. The summed E-state index contributed by atoms with van der Waals surface area (Å²) in [6.45, 7) is 7.53. The van der Waals surface area contributed by atoms with Crippen molar-refractivity contribution in [3.8, 4) is 0 Å². The third-order valence-electron chi connectivity index (χ3n) is 4.51. The first kappa shape index (κ1) is 16.2. The molecule has 0 amide bonds. The average Bonchev–Trinajstić information content (AvgIpc) is 2.53. The quantitative estimate of drug-likeness (QED) is 0.696. The Balaban J connectivity index is 2.00. The number of hydrogen-bond donors (Lipinski definition) is 0. The van der Waals surface area contributed by atoms with E-state index >= 15 is 0 Å². The number of rotatable bonds is 7. The van der Waals surface area contributed by atoms with Gasteiger partial charge in [0.25, 0.3) is 0 Å². The van der Waals surface area contributed by atoms with Crippen molar-refractivity contribution in [1.82, 2.24) is 4.90 Å². The van der Waals surface area contributed by atoms with E-state index in [1.807, 2.05) is 12.1 Å². The molecule has 0 aromatic heterocycles. The Morgan fingerprint density at radius 3 is 2.62 bits per heavy atom. The first-order chi connectivity index (χ1) is 10.2. The molecule has 0 aliphatic carbocycles. The normalized spacial score (nSPS) is 17.6.